The van der Waals surface area contributed by atoms with Crippen LogP contribution in [0.1, 0.15) is 29.9 Å². The van der Waals surface area contributed by atoms with E-state index in [2.05, 4.69) is 9.97 Å². The molecule has 1 heterocycles. The first kappa shape index (κ1) is 17.3. The number of benzene rings is 1. The van der Waals surface area contributed by atoms with Crippen LogP contribution in [0.3, 0.4) is 0 Å². The molecule has 1 N–H and O–H groups in total. The predicted octanol–water partition coefficient (Wildman–Crippen LogP) is 2.64. The maximum atomic E-state index is 12.5. The number of hydrogen-bond acceptors (Lipinski definition) is 4. The molecule has 2 aromatic rings. The average molecular weight is 331 g/mol. The summed E-state index contributed by atoms with van der Waals surface area (Å²) >= 11 is 1.27. The van der Waals surface area contributed by atoms with Gasteiger partial charge in [-0.05, 0) is 12.0 Å². The van der Waals surface area contributed by atoms with Gasteiger partial charge in [-0.1, -0.05) is 55.4 Å². The normalized spacial score (nSPS) is 12.0. The lowest BCUT2D eigenvalue weighted by molar-refractivity contribution is -0.128. The molecule has 0 fully saturated rings. The van der Waals surface area contributed by atoms with Crippen molar-refractivity contribution in [2.75, 3.05) is 14.1 Å². The van der Waals surface area contributed by atoms with Gasteiger partial charge in [0.05, 0.1) is 0 Å². The van der Waals surface area contributed by atoms with E-state index in [9.17, 15) is 9.59 Å². The number of aromatic amines is 1. The lowest BCUT2D eigenvalue weighted by Crippen LogP contribution is -2.27. The first-order valence-corrected chi connectivity index (χ1v) is 8.42. The number of aryl methyl sites for hydroxylation is 1. The molecule has 0 aliphatic carbocycles. The fourth-order valence-corrected chi connectivity index (χ4v) is 3.32. The van der Waals surface area contributed by atoms with E-state index in [-0.39, 0.29) is 11.5 Å². The molecule has 5 nitrogen and oxygen atoms in total. The minimum absolute atomic E-state index is 0.0373. The molecule has 2 rings (SSSR count). The summed E-state index contributed by atoms with van der Waals surface area (Å²) in [4.78, 5) is 33.1. The molecule has 1 amide bonds. The van der Waals surface area contributed by atoms with Crippen LogP contribution in [0.25, 0.3) is 0 Å². The van der Waals surface area contributed by atoms with Crippen LogP contribution in [0.5, 0.6) is 0 Å². The van der Waals surface area contributed by atoms with E-state index in [4.69, 9.17) is 0 Å². The van der Waals surface area contributed by atoms with E-state index in [1.165, 1.54) is 17.8 Å². The molecule has 1 atom stereocenters. The highest BCUT2D eigenvalue weighted by atomic mass is 32.2. The van der Waals surface area contributed by atoms with Crippen molar-refractivity contribution in [2.45, 2.75) is 30.2 Å². The Hall–Kier alpha value is -2.08. The van der Waals surface area contributed by atoms with Crippen molar-refractivity contribution in [3.63, 3.8) is 0 Å². The number of H-pyrrole nitrogens is 1. The van der Waals surface area contributed by atoms with E-state index in [1.807, 2.05) is 37.3 Å². The van der Waals surface area contributed by atoms with Crippen LogP contribution < -0.4 is 5.56 Å². The summed E-state index contributed by atoms with van der Waals surface area (Å²) in [5, 5.41) is 0.0382. The predicted molar refractivity (Wildman–Crippen MR) is 92.6 cm³/mol. The highest BCUT2D eigenvalue weighted by Crippen LogP contribution is 2.34. The Morgan fingerprint density at radius 1 is 1.30 bits per heavy atom. The largest absolute Gasteiger partial charge is 0.348 e. The number of nitrogens with zero attached hydrogens (tertiary/aromatic N) is 2. The molecule has 23 heavy (non-hydrogen) atoms. The molecule has 0 aliphatic rings. The Kier molecular flexibility index (Phi) is 5.98. The lowest BCUT2D eigenvalue weighted by Gasteiger charge is -2.20. The number of carbonyl (C=O) groups excluding carboxylic acids is 1. The zero-order chi connectivity index (χ0) is 16.8. The molecule has 122 valence electrons. The van der Waals surface area contributed by atoms with Crippen LogP contribution in [0.2, 0.25) is 0 Å². The second-order valence-electron chi connectivity index (χ2n) is 5.43. The van der Waals surface area contributed by atoms with Gasteiger partial charge in [-0.3, -0.25) is 9.59 Å². The van der Waals surface area contributed by atoms with Crippen LogP contribution >= 0.6 is 11.8 Å². The zero-order valence-electron chi connectivity index (χ0n) is 13.6. The van der Waals surface area contributed by atoms with Crippen molar-refractivity contribution in [1.82, 2.24) is 14.9 Å². The Morgan fingerprint density at radius 2 is 2.00 bits per heavy atom. The average Bonchev–Trinajstić information content (AvgIpc) is 2.52. The quantitative estimate of drug-likeness (QED) is 0.653. The monoisotopic (exact) mass is 331 g/mol. The molecular formula is C17H21N3O2S. The van der Waals surface area contributed by atoms with Gasteiger partial charge >= 0.3 is 0 Å². The van der Waals surface area contributed by atoms with E-state index in [0.29, 0.717) is 5.16 Å². The van der Waals surface area contributed by atoms with Crippen molar-refractivity contribution in [2.24, 2.45) is 0 Å². The van der Waals surface area contributed by atoms with E-state index < -0.39 is 5.25 Å². The van der Waals surface area contributed by atoms with Crippen molar-refractivity contribution < 1.29 is 4.79 Å². The summed E-state index contributed by atoms with van der Waals surface area (Å²) in [7, 11) is 3.45. The topological polar surface area (TPSA) is 66.1 Å². The Labute approximate surface area is 140 Å². The van der Waals surface area contributed by atoms with Gasteiger partial charge in [-0.2, -0.15) is 0 Å². The van der Waals surface area contributed by atoms with Gasteiger partial charge in [-0.25, -0.2) is 4.98 Å². The van der Waals surface area contributed by atoms with Crippen LogP contribution in [0, 0.1) is 0 Å². The summed E-state index contributed by atoms with van der Waals surface area (Å²) in [6.45, 7) is 2.04. The van der Waals surface area contributed by atoms with Gasteiger partial charge in [0, 0.05) is 25.9 Å². The fourth-order valence-electron chi connectivity index (χ4n) is 2.16. The number of hydrogen-bond donors (Lipinski definition) is 1. The number of amides is 1. The molecular weight excluding hydrogens is 310 g/mol. The second-order valence-corrected chi connectivity index (χ2v) is 6.53. The van der Waals surface area contributed by atoms with E-state index in [1.54, 1.807) is 19.0 Å². The molecule has 1 aromatic heterocycles. The highest BCUT2D eigenvalue weighted by Gasteiger charge is 2.24. The molecule has 0 bridgehead atoms. The highest BCUT2D eigenvalue weighted by molar-refractivity contribution is 8.00. The summed E-state index contributed by atoms with van der Waals surface area (Å²) in [5.74, 6) is -0.0373. The second kappa shape index (κ2) is 7.97. The number of carbonyl (C=O) groups is 1. The number of likely N-dealkylation sites (N-methyl/N-ethyl adjacent to an activating group) is 1. The molecule has 0 saturated heterocycles. The van der Waals surface area contributed by atoms with Crippen LogP contribution in [-0.2, 0) is 11.2 Å². The molecule has 1 aromatic carbocycles. The Morgan fingerprint density at radius 3 is 2.61 bits per heavy atom. The maximum Gasteiger partial charge on any atom is 0.251 e. The van der Waals surface area contributed by atoms with Gasteiger partial charge in [0.1, 0.15) is 5.25 Å². The molecule has 0 radical (unpaired) electrons. The third-order valence-corrected chi connectivity index (χ3v) is 4.40. The van der Waals surface area contributed by atoms with Crippen molar-refractivity contribution in [3.05, 3.63) is 58.0 Å². The third-order valence-electron chi connectivity index (χ3n) is 3.28. The SMILES string of the molecule is CCCc1cc(=O)[nH]c(S[C@@H](C(=O)N(C)C)c2ccccc2)n1. The van der Waals surface area contributed by atoms with Crippen LogP contribution in [-0.4, -0.2) is 34.9 Å². The van der Waals surface area contributed by atoms with Crippen LogP contribution in [0.4, 0.5) is 0 Å². The summed E-state index contributed by atoms with van der Waals surface area (Å²) in [6, 6.07) is 11.0. The number of thioether (sulfide) groups is 1. The van der Waals surface area contributed by atoms with E-state index >= 15 is 0 Å². The number of aromatic nitrogens is 2. The van der Waals surface area contributed by atoms with Crippen molar-refractivity contribution in [3.8, 4) is 0 Å². The molecule has 0 spiro atoms. The standard InChI is InChI=1S/C17H21N3O2S/c1-4-8-13-11-14(21)19-17(18-13)23-15(16(22)20(2)3)12-9-6-5-7-10-12/h5-7,9-11,15H,4,8H2,1-3H3,(H,18,19,21)/t15-/m1/s1. The van der Waals surface area contributed by atoms with Gasteiger partial charge in [0.2, 0.25) is 5.91 Å². The summed E-state index contributed by atoms with van der Waals surface area (Å²) in [5.41, 5.74) is 1.46. The van der Waals surface area contributed by atoms with Gasteiger partial charge in [0.25, 0.3) is 5.56 Å². The number of nitrogens with one attached hydrogen (secondary N) is 1. The minimum Gasteiger partial charge on any atom is -0.348 e. The first-order chi connectivity index (χ1) is 11.0. The Balaban J connectivity index is 2.35. The maximum absolute atomic E-state index is 12.5. The first-order valence-electron chi connectivity index (χ1n) is 7.54. The Bertz CT molecular complexity index is 713. The molecule has 6 heteroatoms. The van der Waals surface area contributed by atoms with Crippen LogP contribution in [0.15, 0.2) is 46.3 Å². The van der Waals surface area contributed by atoms with Gasteiger partial charge in [0.15, 0.2) is 5.16 Å². The third kappa shape index (κ3) is 4.69. The van der Waals surface area contributed by atoms with Gasteiger partial charge < -0.3 is 9.88 Å². The minimum atomic E-state index is -0.439. The smallest absolute Gasteiger partial charge is 0.251 e. The van der Waals surface area contributed by atoms with Crippen molar-refractivity contribution >= 4 is 17.7 Å². The zero-order valence-corrected chi connectivity index (χ0v) is 14.4. The summed E-state index contributed by atoms with van der Waals surface area (Å²) < 4.78 is 0. The number of rotatable bonds is 6. The molecule has 0 saturated carbocycles. The lowest BCUT2D eigenvalue weighted by atomic mass is 10.1. The fraction of sp³-hybridized carbons (Fsp3) is 0.353. The molecule has 0 aliphatic heterocycles. The molecule has 0 unspecified atom stereocenters. The van der Waals surface area contributed by atoms with Crippen molar-refractivity contribution in [1.29, 1.82) is 0 Å². The summed E-state index contributed by atoms with van der Waals surface area (Å²) in [6.07, 6.45) is 1.66. The van der Waals surface area contributed by atoms with E-state index in [0.717, 1.165) is 24.1 Å². The van der Waals surface area contributed by atoms with Gasteiger partial charge in [-0.15, -0.1) is 0 Å².